The van der Waals surface area contributed by atoms with E-state index in [0.29, 0.717) is 54.2 Å². The van der Waals surface area contributed by atoms with Crippen LogP contribution in [0, 0.1) is 11.8 Å². The SMILES string of the molecule is CC[C@@H]1C(=O)N(C)c2cnc(Nc3ccc(C(=O)NC4CC5CN(C)CC5C4)c4c3OCC4)nc2N1C(C)C. The van der Waals surface area contributed by atoms with Gasteiger partial charge in [0.1, 0.15) is 17.5 Å². The lowest BCUT2D eigenvalue weighted by Crippen LogP contribution is -2.54. The van der Waals surface area contributed by atoms with E-state index < -0.39 is 0 Å². The van der Waals surface area contributed by atoms with Crippen molar-refractivity contribution in [1.29, 1.82) is 0 Å². The molecule has 4 heterocycles. The number of nitrogens with zero attached hydrogens (tertiary/aromatic N) is 5. The fourth-order valence-electron chi connectivity index (χ4n) is 7.08. The van der Waals surface area contributed by atoms with E-state index >= 15 is 0 Å². The number of rotatable bonds is 6. The van der Waals surface area contributed by atoms with Gasteiger partial charge in [-0.2, -0.15) is 4.98 Å². The molecule has 2 unspecified atom stereocenters. The second-order valence-corrected chi connectivity index (χ2v) is 11.8. The summed E-state index contributed by atoms with van der Waals surface area (Å²) in [6, 6.07) is 3.83. The first-order chi connectivity index (χ1) is 18.7. The summed E-state index contributed by atoms with van der Waals surface area (Å²) in [7, 11) is 3.96. The highest BCUT2D eigenvalue weighted by Gasteiger charge is 2.41. The molecule has 10 heteroatoms. The molecular formula is C29H39N7O3. The van der Waals surface area contributed by atoms with Crippen molar-refractivity contribution in [1.82, 2.24) is 20.2 Å². The topological polar surface area (TPSA) is 103 Å². The first-order valence-corrected chi connectivity index (χ1v) is 14.2. The van der Waals surface area contributed by atoms with Gasteiger partial charge in [-0.3, -0.25) is 9.59 Å². The van der Waals surface area contributed by atoms with Crippen LogP contribution in [0.1, 0.15) is 56.0 Å². The van der Waals surface area contributed by atoms with Crippen molar-refractivity contribution in [3.8, 4) is 5.75 Å². The number of anilines is 4. The number of nitrogens with one attached hydrogen (secondary N) is 2. The highest BCUT2D eigenvalue weighted by atomic mass is 16.5. The Kier molecular flexibility index (Phi) is 6.61. The number of carbonyl (C=O) groups excluding carboxylic acids is 2. The molecule has 2 aromatic rings. The lowest BCUT2D eigenvalue weighted by molar-refractivity contribution is -0.120. The molecule has 0 spiro atoms. The van der Waals surface area contributed by atoms with Crippen LogP contribution in [-0.2, 0) is 11.2 Å². The molecule has 39 heavy (non-hydrogen) atoms. The number of fused-ring (bicyclic) bond motifs is 3. The molecule has 2 fully saturated rings. The van der Waals surface area contributed by atoms with Gasteiger partial charge in [0.15, 0.2) is 5.82 Å². The summed E-state index contributed by atoms with van der Waals surface area (Å²) < 4.78 is 6.01. The highest BCUT2D eigenvalue weighted by Crippen LogP contribution is 2.41. The molecule has 3 aliphatic heterocycles. The van der Waals surface area contributed by atoms with Crippen LogP contribution in [0.2, 0.25) is 0 Å². The summed E-state index contributed by atoms with van der Waals surface area (Å²) in [5.74, 6) is 3.26. The zero-order chi connectivity index (χ0) is 27.4. The van der Waals surface area contributed by atoms with Gasteiger partial charge in [0, 0.05) is 49.8 Å². The first kappa shape index (κ1) is 25.9. The van der Waals surface area contributed by atoms with Crippen LogP contribution in [0.5, 0.6) is 5.75 Å². The van der Waals surface area contributed by atoms with E-state index in [1.165, 1.54) is 0 Å². The average molecular weight is 534 g/mol. The van der Waals surface area contributed by atoms with E-state index in [0.717, 1.165) is 43.0 Å². The van der Waals surface area contributed by atoms with Crippen molar-refractivity contribution in [2.24, 2.45) is 11.8 Å². The third kappa shape index (κ3) is 4.48. The number of hydrogen-bond donors (Lipinski definition) is 2. The van der Waals surface area contributed by atoms with Gasteiger partial charge in [-0.25, -0.2) is 4.98 Å². The fourth-order valence-corrected chi connectivity index (χ4v) is 7.08. The number of ether oxygens (including phenoxy) is 1. The van der Waals surface area contributed by atoms with Crippen LogP contribution in [0.4, 0.5) is 23.1 Å². The average Bonchev–Trinajstić information content (AvgIpc) is 3.61. The second kappa shape index (κ2) is 9.97. The maximum Gasteiger partial charge on any atom is 0.251 e. The Labute approximate surface area is 230 Å². The van der Waals surface area contributed by atoms with Crippen molar-refractivity contribution in [3.63, 3.8) is 0 Å². The largest absolute Gasteiger partial charge is 0.491 e. The van der Waals surface area contributed by atoms with Crippen molar-refractivity contribution in [3.05, 3.63) is 29.5 Å². The number of likely N-dealkylation sites (tertiary alicyclic amines) is 1. The Bertz CT molecular complexity index is 1280. The number of carbonyl (C=O) groups is 2. The van der Waals surface area contributed by atoms with Gasteiger partial charge >= 0.3 is 0 Å². The second-order valence-electron chi connectivity index (χ2n) is 11.8. The van der Waals surface area contributed by atoms with Crippen molar-refractivity contribution in [2.45, 2.75) is 64.6 Å². The maximum absolute atomic E-state index is 13.3. The zero-order valence-corrected chi connectivity index (χ0v) is 23.5. The van der Waals surface area contributed by atoms with E-state index in [2.05, 4.69) is 46.3 Å². The summed E-state index contributed by atoms with van der Waals surface area (Å²) in [6.07, 6.45) is 5.19. The molecule has 1 saturated heterocycles. The smallest absolute Gasteiger partial charge is 0.251 e. The third-order valence-electron chi connectivity index (χ3n) is 8.87. The third-order valence-corrected chi connectivity index (χ3v) is 8.87. The van der Waals surface area contributed by atoms with Gasteiger partial charge in [0.2, 0.25) is 11.9 Å². The fraction of sp³-hybridized carbons (Fsp3) is 0.586. The Morgan fingerprint density at radius 1 is 1.18 bits per heavy atom. The van der Waals surface area contributed by atoms with Crippen molar-refractivity contribution < 1.29 is 14.3 Å². The zero-order valence-electron chi connectivity index (χ0n) is 23.5. The highest BCUT2D eigenvalue weighted by molar-refractivity contribution is 6.04. The van der Waals surface area contributed by atoms with Crippen molar-refractivity contribution in [2.75, 3.05) is 48.9 Å². The van der Waals surface area contributed by atoms with Crippen LogP contribution in [0.3, 0.4) is 0 Å². The molecule has 2 N–H and O–H groups in total. The molecule has 1 aliphatic carbocycles. The van der Waals surface area contributed by atoms with Crippen LogP contribution in [-0.4, -0.2) is 78.6 Å². The first-order valence-electron chi connectivity index (χ1n) is 14.2. The monoisotopic (exact) mass is 533 g/mol. The molecule has 1 saturated carbocycles. The van der Waals surface area contributed by atoms with Crippen LogP contribution in [0.25, 0.3) is 0 Å². The number of aromatic nitrogens is 2. The Morgan fingerprint density at radius 2 is 1.92 bits per heavy atom. The Morgan fingerprint density at radius 3 is 2.62 bits per heavy atom. The number of likely N-dealkylation sites (N-methyl/N-ethyl adjacent to an activating group) is 1. The lowest BCUT2D eigenvalue weighted by atomic mass is 10.0. The summed E-state index contributed by atoms with van der Waals surface area (Å²) in [5.41, 5.74) is 3.04. The van der Waals surface area contributed by atoms with Gasteiger partial charge < -0.3 is 30.1 Å². The molecule has 0 radical (unpaired) electrons. The molecule has 208 valence electrons. The molecule has 2 amide bonds. The van der Waals surface area contributed by atoms with E-state index in [-0.39, 0.29) is 29.9 Å². The minimum absolute atomic E-state index is 0.0162. The van der Waals surface area contributed by atoms with Gasteiger partial charge in [-0.05, 0) is 64.1 Å². The van der Waals surface area contributed by atoms with Gasteiger partial charge in [-0.1, -0.05) is 6.92 Å². The predicted octanol–water partition coefficient (Wildman–Crippen LogP) is 3.19. The van der Waals surface area contributed by atoms with E-state index in [1.54, 1.807) is 18.1 Å². The van der Waals surface area contributed by atoms with E-state index in [1.807, 2.05) is 19.1 Å². The maximum atomic E-state index is 13.3. The minimum Gasteiger partial charge on any atom is -0.491 e. The molecular weight excluding hydrogens is 494 g/mol. The van der Waals surface area contributed by atoms with Crippen LogP contribution < -0.4 is 25.2 Å². The quantitative estimate of drug-likeness (QED) is 0.584. The van der Waals surface area contributed by atoms with Gasteiger partial charge in [0.25, 0.3) is 5.91 Å². The molecule has 3 atom stereocenters. The molecule has 1 aromatic carbocycles. The van der Waals surface area contributed by atoms with Crippen LogP contribution in [0.15, 0.2) is 18.3 Å². The molecule has 1 aromatic heterocycles. The standard InChI is InChI=1S/C29H39N7O3/c1-6-23-28(38)35(5)24-13-30-29(33-26(24)36(23)16(2)3)32-22-8-7-21(20-9-10-39-25(20)22)27(37)31-19-11-17-14-34(4)15-18(17)12-19/h7-8,13,16-19,23H,6,9-12,14-15H2,1-5H3,(H,31,37)(H,30,32,33)/t17?,18?,19?,23-/m1/s1. The summed E-state index contributed by atoms with van der Waals surface area (Å²) in [4.78, 5) is 41.8. The molecule has 10 nitrogen and oxygen atoms in total. The predicted molar refractivity (Wildman–Crippen MR) is 151 cm³/mol. The Hall–Kier alpha value is -3.40. The lowest BCUT2D eigenvalue weighted by Gasteiger charge is -2.42. The summed E-state index contributed by atoms with van der Waals surface area (Å²) in [5, 5.41) is 6.64. The number of benzene rings is 1. The summed E-state index contributed by atoms with van der Waals surface area (Å²) in [6.45, 7) is 8.96. The Balaban J connectivity index is 1.23. The van der Waals surface area contributed by atoms with E-state index in [9.17, 15) is 9.59 Å². The van der Waals surface area contributed by atoms with Crippen LogP contribution >= 0.6 is 0 Å². The normalized spacial score (nSPS) is 25.9. The molecule has 6 rings (SSSR count). The number of hydrogen-bond acceptors (Lipinski definition) is 8. The molecule has 4 aliphatic rings. The summed E-state index contributed by atoms with van der Waals surface area (Å²) >= 11 is 0. The van der Waals surface area contributed by atoms with Gasteiger partial charge in [0.05, 0.1) is 18.5 Å². The van der Waals surface area contributed by atoms with Crippen molar-refractivity contribution >= 4 is 35.0 Å². The van der Waals surface area contributed by atoms with Gasteiger partial charge in [-0.15, -0.1) is 0 Å². The van der Waals surface area contributed by atoms with E-state index in [4.69, 9.17) is 9.72 Å². The molecule has 0 bridgehead atoms. The number of amides is 2. The minimum atomic E-state index is -0.268.